The van der Waals surface area contributed by atoms with Gasteiger partial charge in [-0.2, -0.15) is 5.10 Å². The van der Waals surface area contributed by atoms with Crippen LogP contribution in [0, 0.1) is 0 Å². The quantitative estimate of drug-likeness (QED) is 0.776. The molecule has 1 unspecified atom stereocenters. The summed E-state index contributed by atoms with van der Waals surface area (Å²) in [7, 11) is 0. The number of carbonyl (C=O) groups is 1. The number of carboxylic acid groups (broad SMARTS) is 1. The van der Waals surface area contributed by atoms with E-state index in [1.807, 2.05) is 54.4 Å². The number of ether oxygens (including phenoxy) is 1. The fourth-order valence-corrected chi connectivity index (χ4v) is 3.10. The lowest BCUT2D eigenvalue weighted by molar-refractivity contribution is -0.137. The van der Waals surface area contributed by atoms with Crippen LogP contribution in [0.5, 0.6) is 5.75 Å². The molecule has 0 bridgehead atoms. The smallest absolute Gasteiger partial charge is 0.303 e. The molecule has 0 radical (unpaired) electrons. The maximum absolute atomic E-state index is 10.6. The lowest BCUT2D eigenvalue weighted by Crippen LogP contribution is -2.32. The minimum atomic E-state index is -0.748. The third-order valence-electron chi connectivity index (χ3n) is 4.40. The van der Waals surface area contributed by atoms with Crippen molar-refractivity contribution in [2.24, 2.45) is 5.10 Å². The second-order valence-electron chi connectivity index (χ2n) is 6.58. The molecule has 2 aromatic rings. The summed E-state index contributed by atoms with van der Waals surface area (Å²) in [4.78, 5) is 10.6. The summed E-state index contributed by atoms with van der Waals surface area (Å²) in [5.41, 5.74) is 3.31. The summed E-state index contributed by atoms with van der Waals surface area (Å²) in [5.74, 6) is 0.0755. The van der Waals surface area contributed by atoms with Crippen molar-refractivity contribution < 1.29 is 14.6 Å². The van der Waals surface area contributed by atoms with Gasteiger partial charge in [-0.25, -0.2) is 0 Å². The number of para-hydroxylation sites is 1. The molecular weight excluding hydrogens is 328 g/mol. The predicted molar refractivity (Wildman–Crippen MR) is 103 cm³/mol. The Balaban J connectivity index is 1.54. The minimum absolute atomic E-state index is 0.188. The number of aliphatic carboxylic acids is 1. The molecule has 3 rings (SSSR count). The monoisotopic (exact) mass is 352 g/mol. The van der Waals surface area contributed by atoms with E-state index in [1.54, 1.807) is 0 Å². The Hall–Kier alpha value is -2.82. The average Bonchev–Trinajstić information content (AvgIpc) is 3.02. The van der Waals surface area contributed by atoms with E-state index in [4.69, 9.17) is 9.84 Å². The van der Waals surface area contributed by atoms with E-state index in [-0.39, 0.29) is 12.5 Å². The van der Waals surface area contributed by atoms with Crippen molar-refractivity contribution in [2.75, 3.05) is 11.6 Å². The molecule has 5 heteroatoms. The molecule has 0 spiro atoms. The van der Waals surface area contributed by atoms with Crippen molar-refractivity contribution in [3.05, 3.63) is 60.2 Å². The van der Waals surface area contributed by atoms with Gasteiger partial charge >= 0.3 is 5.97 Å². The Morgan fingerprint density at radius 1 is 1.19 bits per heavy atom. The fourth-order valence-electron chi connectivity index (χ4n) is 3.10. The second kappa shape index (κ2) is 8.52. The third kappa shape index (κ3) is 4.85. The number of anilines is 1. The molecule has 1 atom stereocenters. The zero-order valence-corrected chi connectivity index (χ0v) is 15.0. The third-order valence-corrected chi connectivity index (χ3v) is 4.40. The van der Waals surface area contributed by atoms with E-state index in [0.29, 0.717) is 13.0 Å². The van der Waals surface area contributed by atoms with Gasteiger partial charge < -0.3 is 9.84 Å². The molecular formula is C21H24N2O3. The Morgan fingerprint density at radius 3 is 2.62 bits per heavy atom. The SMILES string of the molecule is CC1=NN(c2ccccc2)C(COc2ccc(CCCC(=O)O)cc2)C1. The minimum Gasteiger partial charge on any atom is -0.491 e. The largest absolute Gasteiger partial charge is 0.491 e. The highest BCUT2D eigenvalue weighted by Crippen LogP contribution is 2.25. The van der Waals surface area contributed by atoms with Crippen molar-refractivity contribution in [1.29, 1.82) is 0 Å². The number of aryl methyl sites for hydroxylation is 1. The van der Waals surface area contributed by atoms with Crippen LogP contribution in [0.4, 0.5) is 5.69 Å². The number of hydrazone groups is 1. The maximum atomic E-state index is 10.6. The summed E-state index contributed by atoms with van der Waals surface area (Å²) in [6.45, 7) is 2.61. The molecule has 26 heavy (non-hydrogen) atoms. The van der Waals surface area contributed by atoms with Crippen molar-refractivity contribution in [2.45, 2.75) is 38.6 Å². The van der Waals surface area contributed by atoms with Crippen LogP contribution in [0.25, 0.3) is 0 Å². The van der Waals surface area contributed by atoms with Crippen LogP contribution < -0.4 is 9.75 Å². The number of hydrogen-bond acceptors (Lipinski definition) is 4. The Labute approximate surface area is 153 Å². The lowest BCUT2D eigenvalue weighted by Gasteiger charge is -2.23. The van der Waals surface area contributed by atoms with E-state index in [2.05, 4.69) is 17.2 Å². The van der Waals surface area contributed by atoms with Crippen molar-refractivity contribution in [3.63, 3.8) is 0 Å². The summed E-state index contributed by atoms with van der Waals surface area (Å²) in [6, 6.07) is 18.2. The molecule has 0 amide bonds. The van der Waals surface area contributed by atoms with Crippen LogP contribution in [0.2, 0.25) is 0 Å². The van der Waals surface area contributed by atoms with E-state index in [0.717, 1.165) is 35.6 Å². The molecule has 5 nitrogen and oxygen atoms in total. The molecule has 136 valence electrons. The topological polar surface area (TPSA) is 62.1 Å². The van der Waals surface area contributed by atoms with Gasteiger partial charge in [-0.1, -0.05) is 30.3 Å². The highest BCUT2D eigenvalue weighted by Gasteiger charge is 2.26. The summed E-state index contributed by atoms with van der Waals surface area (Å²) < 4.78 is 5.98. The zero-order chi connectivity index (χ0) is 18.4. The van der Waals surface area contributed by atoms with E-state index in [1.165, 1.54) is 0 Å². The predicted octanol–water partition coefficient (Wildman–Crippen LogP) is 4.13. The first-order chi connectivity index (χ1) is 12.6. The molecule has 0 aliphatic carbocycles. The van der Waals surface area contributed by atoms with Gasteiger partial charge in [0.1, 0.15) is 12.4 Å². The van der Waals surface area contributed by atoms with Crippen LogP contribution in [0.1, 0.15) is 31.7 Å². The number of nitrogens with zero attached hydrogens (tertiary/aromatic N) is 2. The van der Waals surface area contributed by atoms with Gasteiger partial charge in [0.05, 0.1) is 11.7 Å². The highest BCUT2D eigenvalue weighted by atomic mass is 16.5. The first kappa shape index (κ1) is 18.0. The van der Waals surface area contributed by atoms with E-state index in [9.17, 15) is 4.79 Å². The molecule has 0 saturated carbocycles. The highest BCUT2D eigenvalue weighted by molar-refractivity contribution is 5.86. The molecule has 1 aliphatic rings. The van der Waals surface area contributed by atoms with Gasteiger partial charge in [0.15, 0.2) is 0 Å². The molecule has 0 fully saturated rings. The molecule has 0 aromatic heterocycles. The molecule has 0 saturated heterocycles. The Bertz CT molecular complexity index is 757. The first-order valence-corrected chi connectivity index (χ1v) is 8.94. The van der Waals surface area contributed by atoms with Crippen LogP contribution in [-0.2, 0) is 11.2 Å². The van der Waals surface area contributed by atoms with Gasteiger partial charge in [-0.05, 0) is 49.6 Å². The fraction of sp³-hybridized carbons (Fsp3) is 0.333. The van der Waals surface area contributed by atoms with Gasteiger partial charge in [0.25, 0.3) is 0 Å². The van der Waals surface area contributed by atoms with Crippen LogP contribution >= 0.6 is 0 Å². The average molecular weight is 352 g/mol. The first-order valence-electron chi connectivity index (χ1n) is 8.94. The van der Waals surface area contributed by atoms with Gasteiger partial charge in [0, 0.05) is 18.6 Å². The van der Waals surface area contributed by atoms with Crippen molar-refractivity contribution in [3.8, 4) is 5.75 Å². The number of rotatable bonds is 8. The van der Waals surface area contributed by atoms with Crippen LogP contribution in [-0.4, -0.2) is 29.4 Å². The maximum Gasteiger partial charge on any atom is 0.303 e. The van der Waals surface area contributed by atoms with Gasteiger partial charge in [-0.3, -0.25) is 9.80 Å². The zero-order valence-electron chi connectivity index (χ0n) is 15.0. The Morgan fingerprint density at radius 2 is 1.92 bits per heavy atom. The Kier molecular flexibility index (Phi) is 5.89. The van der Waals surface area contributed by atoms with Crippen LogP contribution in [0.3, 0.4) is 0 Å². The van der Waals surface area contributed by atoms with Gasteiger partial charge in [0.2, 0.25) is 0 Å². The van der Waals surface area contributed by atoms with Crippen LogP contribution in [0.15, 0.2) is 59.7 Å². The molecule has 2 aromatic carbocycles. The standard InChI is InChI=1S/C21H24N2O3/c1-16-14-19(23(22-16)18-7-3-2-4-8-18)15-26-20-12-10-17(11-13-20)6-5-9-21(24)25/h2-4,7-8,10-13,19H,5-6,9,14-15H2,1H3,(H,24,25). The molecule has 1 heterocycles. The molecule has 1 N–H and O–H groups in total. The van der Waals surface area contributed by atoms with E-state index < -0.39 is 5.97 Å². The normalized spacial score (nSPS) is 16.4. The number of carboxylic acids is 1. The van der Waals surface area contributed by atoms with Gasteiger partial charge in [-0.15, -0.1) is 0 Å². The summed E-state index contributed by atoms with van der Waals surface area (Å²) in [5, 5.41) is 15.4. The van der Waals surface area contributed by atoms with Crippen molar-refractivity contribution in [1.82, 2.24) is 0 Å². The summed E-state index contributed by atoms with van der Waals surface area (Å²) >= 11 is 0. The van der Waals surface area contributed by atoms with Crippen molar-refractivity contribution >= 4 is 17.4 Å². The number of benzene rings is 2. The molecule has 1 aliphatic heterocycles. The summed E-state index contributed by atoms with van der Waals surface area (Å²) in [6.07, 6.45) is 2.51. The number of hydrogen-bond donors (Lipinski definition) is 1. The lowest BCUT2D eigenvalue weighted by atomic mass is 10.1. The second-order valence-corrected chi connectivity index (χ2v) is 6.58. The van der Waals surface area contributed by atoms with E-state index >= 15 is 0 Å².